The quantitative estimate of drug-likeness (QED) is 0.271. The van der Waals surface area contributed by atoms with E-state index in [0.717, 1.165) is 49.2 Å². The first-order valence-electron chi connectivity index (χ1n) is 13.4. The normalized spacial score (nSPS) is 15.8. The third-order valence-electron chi connectivity index (χ3n) is 7.22. The van der Waals surface area contributed by atoms with Crippen molar-refractivity contribution in [2.45, 2.75) is 39.4 Å². The van der Waals surface area contributed by atoms with Crippen molar-refractivity contribution in [2.75, 3.05) is 25.0 Å². The standard InChI is InChI=1S/C29H28F3N5O4S/c1-3-7-36-8-6-17(12-36)13-37-14-22(28(40)41)26(39)20-9-18(4-5-23(20)37)21-11-33-25(34-16(2)38)10-19(21)27-35-24(15-42-27)29(30,31)32/h4-5,9-11,14-15,17H,3,6-8,12-13H2,1-2H3,(H,40,41)(H,33,34,38). The maximum absolute atomic E-state index is 13.3. The second-order valence-corrected chi connectivity index (χ2v) is 11.2. The van der Waals surface area contributed by atoms with Crippen LogP contribution in [0.1, 0.15) is 42.7 Å². The van der Waals surface area contributed by atoms with Crippen LogP contribution in [0.2, 0.25) is 0 Å². The molecule has 1 aliphatic heterocycles. The van der Waals surface area contributed by atoms with Crippen LogP contribution in [0.3, 0.4) is 0 Å². The minimum absolute atomic E-state index is 0.0426. The number of rotatable bonds is 8. The number of nitrogens with zero attached hydrogens (tertiary/aromatic N) is 4. The Hall–Kier alpha value is -4.10. The fourth-order valence-electron chi connectivity index (χ4n) is 5.37. The molecule has 1 atom stereocenters. The molecular formula is C29H28F3N5O4S. The zero-order chi connectivity index (χ0) is 30.2. The van der Waals surface area contributed by atoms with Crippen molar-refractivity contribution in [1.82, 2.24) is 19.4 Å². The van der Waals surface area contributed by atoms with Crippen molar-refractivity contribution < 1.29 is 27.9 Å². The number of anilines is 1. The molecule has 0 bridgehead atoms. The van der Waals surface area contributed by atoms with Gasteiger partial charge in [0.15, 0.2) is 5.69 Å². The summed E-state index contributed by atoms with van der Waals surface area (Å²) in [6, 6.07) is 6.39. The van der Waals surface area contributed by atoms with Gasteiger partial charge in [-0.05, 0) is 55.6 Å². The highest BCUT2D eigenvalue weighted by molar-refractivity contribution is 7.13. The van der Waals surface area contributed by atoms with Gasteiger partial charge in [0.2, 0.25) is 11.3 Å². The Balaban J connectivity index is 1.63. The zero-order valence-electron chi connectivity index (χ0n) is 22.9. The Morgan fingerprint density at radius 2 is 2.00 bits per heavy atom. The Morgan fingerprint density at radius 1 is 1.21 bits per heavy atom. The third kappa shape index (κ3) is 6.07. The predicted octanol–water partition coefficient (Wildman–Crippen LogP) is 5.59. The zero-order valence-corrected chi connectivity index (χ0v) is 23.7. The van der Waals surface area contributed by atoms with Crippen LogP contribution in [0.4, 0.5) is 19.0 Å². The molecule has 0 radical (unpaired) electrons. The second-order valence-electron chi connectivity index (χ2n) is 10.3. The average Bonchev–Trinajstić information content (AvgIpc) is 3.60. The van der Waals surface area contributed by atoms with Gasteiger partial charge >= 0.3 is 12.1 Å². The van der Waals surface area contributed by atoms with E-state index in [2.05, 4.69) is 27.1 Å². The molecule has 0 saturated carbocycles. The minimum Gasteiger partial charge on any atom is -0.477 e. The molecule has 1 amide bonds. The van der Waals surface area contributed by atoms with E-state index in [0.29, 0.717) is 23.2 Å². The molecule has 1 saturated heterocycles. The number of alkyl halides is 3. The fourth-order valence-corrected chi connectivity index (χ4v) is 6.22. The van der Waals surface area contributed by atoms with Gasteiger partial charge in [-0.3, -0.25) is 9.59 Å². The molecule has 0 aliphatic carbocycles. The van der Waals surface area contributed by atoms with Crippen molar-refractivity contribution >= 4 is 39.9 Å². The molecule has 1 aromatic carbocycles. The van der Waals surface area contributed by atoms with E-state index in [1.807, 2.05) is 0 Å². The van der Waals surface area contributed by atoms with Crippen LogP contribution in [-0.4, -0.2) is 56.1 Å². The minimum atomic E-state index is -4.64. The number of aromatic nitrogens is 3. The lowest BCUT2D eigenvalue weighted by Crippen LogP contribution is -2.24. The summed E-state index contributed by atoms with van der Waals surface area (Å²) in [5.74, 6) is -1.35. The van der Waals surface area contributed by atoms with Crippen LogP contribution in [0.15, 0.2) is 46.8 Å². The van der Waals surface area contributed by atoms with Gasteiger partial charge in [0.25, 0.3) is 0 Å². The summed E-state index contributed by atoms with van der Waals surface area (Å²) < 4.78 is 41.8. The highest BCUT2D eigenvalue weighted by atomic mass is 32.1. The summed E-state index contributed by atoms with van der Waals surface area (Å²) in [6.07, 6.45) is 0.129. The van der Waals surface area contributed by atoms with E-state index in [-0.39, 0.29) is 33.3 Å². The van der Waals surface area contributed by atoms with Gasteiger partial charge in [-0.2, -0.15) is 13.2 Å². The van der Waals surface area contributed by atoms with E-state index < -0.39 is 29.2 Å². The smallest absolute Gasteiger partial charge is 0.434 e. The van der Waals surface area contributed by atoms with Gasteiger partial charge in [0, 0.05) is 54.3 Å². The summed E-state index contributed by atoms with van der Waals surface area (Å²) in [7, 11) is 0. The lowest BCUT2D eigenvalue weighted by atomic mass is 9.99. The van der Waals surface area contributed by atoms with E-state index in [4.69, 9.17) is 0 Å². The maximum atomic E-state index is 13.3. The number of hydrogen-bond acceptors (Lipinski definition) is 7. The molecule has 42 heavy (non-hydrogen) atoms. The van der Waals surface area contributed by atoms with Crippen molar-refractivity contribution in [3.63, 3.8) is 0 Å². The second kappa shape index (κ2) is 11.6. The SMILES string of the molecule is CCCN1CCC(Cn2cc(C(=O)O)c(=O)c3cc(-c4cnc(NC(C)=O)cc4-c4nc(C(F)(F)F)cs4)ccc32)C1. The number of carboxylic acid groups (broad SMARTS) is 1. The number of benzene rings is 1. The van der Waals surface area contributed by atoms with Crippen LogP contribution in [0.25, 0.3) is 32.6 Å². The number of carbonyl (C=O) groups is 2. The number of amides is 1. The van der Waals surface area contributed by atoms with E-state index in [9.17, 15) is 32.7 Å². The number of carboxylic acids is 1. The molecule has 2 N–H and O–H groups in total. The Morgan fingerprint density at radius 3 is 2.67 bits per heavy atom. The van der Waals surface area contributed by atoms with Crippen molar-refractivity contribution in [3.05, 3.63) is 63.5 Å². The summed E-state index contributed by atoms with van der Waals surface area (Å²) in [5.41, 5.74) is -0.449. The molecule has 1 unspecified atom stereocenters. The largest absolute Gasteiger partial charge is 0.477 e. The van der Waals surface area contributed by atoms with Gasteiger partial charge in [0.1, 0.15) is 16.4 Å². The molecule has 4 aromatic rings. The number of likely N-dealkylation sites (tertiary alicyclic amines) is 1. The number of pyridine rings is 2. The summed E-state index contributed by atoms with van der Waals surface area (Å²) in [5, 5.41) is 13.4. The first-order chi connectivity index (χ1) is 19.9. The van der Waals surface area contributed by atoms with Crippen LogP contribution >= 0.6 is 11.3 Å². The number of thiazole rings is 1. The highest BCUT2D eigenvalue weighted by Crippen LogP contribution is 2.39. The Bertz CT molecular complexity index is 1730. The average molecular weight is 600 g/mol. The molecule has 1 aliphatic rings. The van der Waals surface area contributed by atoms with Gasteiger partial charge in [0.05, 0.1) is 5.52 Å². The van der Waals surface area contributed by atoms with E-state index >= 15 is 0 Å². The van der Waals surface area contributed by atoms with Gasteiger partial charge in [-0.1, -0.05) is 13.0 Å². The Labute approximate surface area is 242 Å². The molecular weight excluding hydrogens is 571 g/mol. The van der Waals surface area contributed by atoms with Gasteiger partial charge in [-0.15, -0.1) is 11.3 Å². The molecule has 5 rings (SSSR count). The van der Waals surface area contributed by atoms with Crippen molar-refractivity contribution in [3.8, 4) is 21.7 Å². The van der Waals surface area contributed by atoms with Crippen LogP contribution < -0.4 is 10.7 Å². The number of carbonyl (C=O) groups excluding carboxylic acids is 1. The molecule has 3 aromatic heterocycles. The predicted molar refractivity (Wildman–Crippen MR) is 154 cm³/mol. The number of halogens is 3. The summed E-state index contributed by atoms with van der Waals surface area (Å²) >= 11 is 0.784. The number of aromatic carboxylic acids is 1. The van der Waals surface area contributed by atoms with Crippen molar-refractivity contribution in [1.29, 1.82) is 0 Å². The lowest BCUT2D eigenvalue weighted by Gasteiger charge is -2.18. The van der Waals surface area contributed by atoms with Crippen LogP contribution in [0, 0.1) is 5.92 Å². The highest BCUT2D eigenvalue weighted by Gasteiger charge is 2.34. The first-order valence-corrected chi connectivity index (χ1v) is 14.3. The summed E-state index contributed by atoms with van der Waals surface area (Å²) in [6.45, 7) is 6.77. The number of fused-ring (bicyclic) bond motifs is 1. The molecule has 1 fully saturated rings. The first kappa shape index (κ1) is 29.4. The third-order valence-corrected chi connectivity index (χ3v) is 8.09. The fraction of sp³-hybridized carbons (Fsp3) is 0.345. The van der Waals surface area contributed by atoms with E-state index in [1.54, 1.807) is 16.7 Å². The number of hydrogen-bond donors (Lipinski definition) is 2. The molecule has 220 valence electrons. The van der Waals surface area contributed by atoms with E-state index in [1.165, 1.54) is 31.5 Å². The van der Waals surface area contributed by atoms with Crippen molar-refractivity contribution in [2.24, 2.45) is 5.92 Å². The maximum Gasteiger partial charge on any atom is 0.434 e. The Kier molecular flexibility index (Phi) is 8.15. The van der Waals surface area contributed by atoms with Crippen LogP contribution in [-0.2, 0) is 17.5 Å². The topological polar surface area (TPSA) is 117 Å². The monoisotopic (exact) mass is 599 g/mol. The molecule has 13 heteroatoms. The summed E-state index contributed by atoms with van der Waals surface area (Å²) in [4.78, 5) is 47.4. The van der Waals surface area contributed by atoms with Gasteiger partial charge < -0.3 is 19.9 Å². The molecule has 4 heterocycles. The lowest BCUT2D eigenvalue weighted by molar-refractivity contribution is -0.140. The van der Waals surface area contributed by atoms with Gasteiger partial charge in [-0.25, -0.2) is 14.8 Å². The molecule has 0 spiro atoms. The van der Waals surface area contributed by atoms with Crippen LogP contribution in [0.5, 0.6) is 0 Å². The number of nitrogens with one attached hydrogen (secondary N) is 1. The molecule has 9 nitrogen and oxygen atoms in total.